The quantitative estimate of drug-likeness (QED) is 0.754. The normalized spacial score (nSPS) is 10.6. The largest absolute Gasteiger partial charge is 0.508 e. The lowest BCUT2D eigenvalue weighted by atomic mass is 10.2. The van der Waals surface area contributed by atoms with Gasteiger partial charge in [-0.2, -0.15) is 0 Å². The maximum absolute atomic E-state index is 9.47. The van der Waals surface area contributed by atoms with E-state index in [1.165, 1.54) is 6.33 Å². The second-order valence-corrected chi connectivity index (χ2v) is 4.89. The second-order valence-electron chi connectivity index (χ2n) is 4.03. The maximum Gasteiger partial charge on any atom is 0.141 e. The van der Waals surface area contributed by atoms with Gasteiger partial charge in [0.1, 0.15) is 17.9 Å². The number of rotatable bonds is 2. The summed E-state index contributed by atoms with van der Waals surface area (Å²) < 4.78 is 0.923. The van der Waals surface area contributed by atoms with E-state index in [1.807, 2.05) is 24.3 Å². The number of hydrogen-bond donors (Lipinski definition) is 2. The number of hydrogen-bond acceptors (Lipinski definition) is 4. The molecule has 19 heavy (non-hydrogen) atoms. The number of anilines is 2. The van der Waals surface area contributed by atoms with E-state index in [0.29, 0.717) is 5.82 Å². The Kier molecular flexibility index (Phi) is 3.05. The zero-order valence-electron chi connectivity index (χ0n) is 9.84. The van der Waals surface area contributed by atoms with Gasteiger partial charge < -0.3 is 10.4 Å². The Morgan fingerprint density at radius 1 is 1.05 bits per heavy atom. The number of benzene rings is 2. The molecule has 0 aliphatic carbocycles. The lowest BCUT2D eigenvalue weighted by Crippen LogP contribution is -1.96. The summed E-state index contributed by atoms with van der Waals surface area (Å²) in [5.41, 5.74) is 1.63. The molecule has 1 heterocycles. The van der Waals surface area contributed by atoms with Crippen LogP contribution in [-0.2, 0) is 0 Å². The topological polar surface area (TPSA) is 58.0 Å². The van der Waals surface area contributed by atoms with Crippen molar-refractivity contribution in [3.05, 3.63) is 53.3 Å². The van der Waals surface area contributed by atoms with Gasteiger partial charge in [-0.15, -0.1) is 0 Å². The van der Waals surface area contributed by atoms with Gasteiger partial charge in [-0.3, -0.25) is 0 Å². The van der Waals surface area contributed by atoms with Crippen LogP contribution < -0.4 is 5.32 Å². The number of nitrogens with zero attached hydrogens (tertiary/aromatic N) is 2. The van der Waals surface area contributed by atoms with Crippen molar-refractivity contribution in [2.75, 3.05) is 5.32 Å². The van der Waals surface area contributed by atoms with Crippen molar-refractivity contribution in [3.8, 4) is 5.75 Å². The van der Waals surface area contributed by atoms with Crippen molar-refractivity contribution in [1.82, 2.24) is 9.97 Å². The van der Waals surface area contributed by atoms with Gasteiger partial charge in [0.15, 0.2) is 0 Å². The van der Waals surface area contributed by atoms with Gasteiger partial charge in [-0.05, 0) is 40.2 Å². The first-order chi connectivity index (χ1) is 9.24. The fraction of sp³-hybridized carbons (Fsp3) is 0. The van der Waals surface area contributed by atoms with E-state index >= 15 is 0 Å². The summed E-state index contributed by atoms with van der Waals surface area (Å²) in [4.78, 5) is 8.50. The monoisotopic (exact) mass is 315 g/mol. The molecule has 94 valence electrons. The molecular weight excluding hydrogens is 306 g/mol. The fourth-order valence-corrected chi connectivity index (χ4v) is 2.34. The second kappa shape index (κ2) is 4.85. The third-order valence-electron chi connectivity index (χ3n) is 2.72. The maximum atomic E-state index is 9.47. The molecule has 0 bridgehead atoms. The Labute approximate surface area is 118 Å². The van der Waals surface area contributed by atoms with Crippen molar-refractivity contribution in [3.63, 3.8) is 0 Å². The van der Waals surface area contributed by atoms with Crippen molar-refractivity contribution in [1.29, 1.82) is 0 Å². The number of nitrogens with one attached hydrogen (secondary N) is 1. The van der Waals surface area contributed by atoms with Crippen molar-refractivity contribution < 1.29 is 5.11 Å². The highest BCUT2D eigenvalue weighted by Gasteiger charge is 2.06. The number of aromatic nitrogens is 2. The van der Waals surface area contributed by atoms with Gasteiger partial charge in [0.05, 0.1) is 5.52 Å². The Morgan fingerprint density at radius 2 is 1.89 bits per heavy atom. The molecule has 0 aliphatic heterocycles. The summed E-state index contributed by atoms with van der Waals surface area (Å²) in [7, 11) is 0. The summed E-state index contributed by atoms with van der Waals surface area (Å²) in [6.45, 7) is 0. The van der Waals surface area contributed by atoms with Gasteiger partial charge in [0, 0.05) is 21.6 Å². The predicted molar refractivity (Wildman–Crippen MR) is 78.6 cm³/mol. The third-order valence-corrected chi connectivity index (χ3v) is 3.36. The minimum Gasteiger partial charge on any atom is -0.508 e. The van der Waals surface area contributed by atoms with E-state index in [9.17, 15) is 5.11 Å². The molecule has 3 rings (SSSR count). The van der Waals surface area contributed by atoms with E-state index < -0.39 is 0 Å². The average Bonchev–Trinajstić information content (AvgIpc) is 2.40. The number of aromatic hydroxyl groups is 1. The van der Waals surface area contributed by atoms with Crippen LogP contribution >= 0.6 is 15.9 Å². The van der Waals surface area contributed by atoms with E-state index in [0.717, 1.165) is 21.1 Å². The highest BCUT2D eigenvalue weighted by molar-refractivity contribution is 9.10. The summed E-state index contributed by atoms with van der Waals surface area (Å²) >= 11 is 3.47. The van der Waals surface area contributed by atoms with Crippen molar-refractivity contribution in [2.24, 2.45) is 0 Å². The zero-order chi connectivity index (χ0) is 13.2. The van der Waals surface area contributed by atoms with Crippen LogP contribution in [0.4, 0.5) is 11.5 Å². The Balaban J connectivity index is 2.08. The first-order valence-corrected chi connectivity index (χ1v) is 6.48. The number of fused-ring (bicyclic) bond motifs is 1. The van der Waals surface area contributed by atoms with Crippen molar-refractivity contribution in [2.45, 2.75) is 0 Å². The summed E-state index contributed by atoms with van der Waals surface area (Å²) in [6, 6.07) is 12.7. The molecule has 5 heteroatoms. The molecule has 0 unspecified atom stereocenters. The molecule has 0 amide bonds. The molecule has 2 aromatic carbocycles. The number of halogens is 1. The van der Waals surface area contributed by atoms with Gasteiger partial charge in [-0.1, -0.05) is 12.1 Å². The standard InChI is InChI=1S/C14H10BrN3O/c15-12-6-2-5-11-13(12)16-8-17-14(11)18-9-3-1-4-10(19)7-9/h1-8,19H,(H,16,17,18). The molecule has 0 fully saturated rings. The first-order valence-electron chi connectivity index (χ1n) is 5.69. The molecule has 0 radical (unpaired) electrons. The summed E-state index contributed by atoms with van der Waals surface area (Å²) in [5, 5.41) is 13.6. The third kappa shape index (κ3) is 2.37. The Morgan fingerprint density at radius 3 is 2.74 bits per heavy atom. The fourth-order valence-electron chi connectivity index (χ4n) is 1.87. The number of phenolic OH excluding ortho intramolecular Hbond substituents is 1. The van der Waals surface area contributed by atoms with Crippen LogP contribution in [0.3, 0.4) is 0 Å². The van der Waals surface area contributed by atoms with E-state index in [2.05, 4.69) is 31.2 Å². The summed E-state index contributed by atoms with van der Waals surface area (Å²) in [5.74, 6) is 0.918. The van der Waals surface area contributed by atoms with Crippen LogP contribution in [0.25, 0.3) is 10.9 Å². The molecule has 0 aliphatic rings. The molecule has 0 saturated carbocycles. The van der Waals surface area contributed by atoms with Crippen LogP contribution in [-0.4, -0.2) is 15.1 Å². The van der Waals surface area contributed by atoms with Crippen LogP contribution in [0.5, 0.6) is 5.75 Å². The summed E-state index contributed by atoms with van der Waals surface area (Å²) in [6.07, 6.45) is 1.51. The lowest BCUT2D eigenvalue weighted by molar-refractivity contribution is 0.475. The molecule has 0 atom stereocenters. The van der Waals surface area contributed by atoms with Crippen LogP contribution in [0, 0.1) is 0 Å². The first kappa shape index (κ1) is 11.9. The predicted octanol–water partition coefficient (Wildman–Crippen LogP) is 3.84. The number of phenols is 1. The van der Waals surface area contributed by atoms with Gasteiger partial charge in [0.2, 0.25) is 0 Å². The molecular formula is C14H10BrN3O. The average molecular weight is 316 g/mol. The van der Waals surface area contributed by atoms with Gasteiger partial charge in [-0.25, -0.2) is 9.97 Å². The molecule has 1 aromatic heterocycles. The highest BCUT2D eigenvalue weighted by Crippen LogP contribution is 2.28. The van der Waals surface area contributed by atoms with Gasteiger partial charge in [0.25, 0.3) is 0 Å². The van der Waals surface area contributed by atoms with Crippen LogP contribution in [0.1, 0.15) is 0 Å². The van der Waals surface area contributed by atoms with E-state index in [1.54, 1.807) is 18.2 Å². The van der Waals surface area contributed by atoms with Crippen LogP contribution in [0.15, 0.2) is 53.3 Å². The molecule has 2 N–H and O–H groups in total. The van der Waals surface area contributed by atoms with E-state index in [4.69, 9.17) is 0 Å². The Hall–Kier alpha value is -2.14. The molecule has 4 nitrogen and oxygen atoms in total. The minimum atomic E-state index is 0.213. The smallest absolute Gasteiger partial charge is 0.141 e. The lowest BCUT2D eigenvalue weighted by Gasteiger charge is -2.09. The Bertz CT molecular complexity index is 746. The zero-order valence-corrected chi connectivity index (χ0v) is 11.4. The molecule has 0 spiro atoms. The van der Waals surface area contributed by atoms with Gasteiger partial charge >= 0.3 is 0 Å². The highest BCUT2D eigenvalue weighted by atomic mass is 79.9. The molecule has 0 saturated heterocycles. The SMILES string of the molecule is Oc1cccc(Nc2ncnc3c(Br)cccc23)c1. The molecule has 3 aromatic rings. The number of para-hydroxylation sites is 1. The van der Waals surface area contributed by atoms with Crippen LogP contribution in [0.2, 0.25) is 0 Å². The minimum absolute atomic E-state index is 0.213. The van der Waals surface area contributed by atoms with E-state index in [-0.39, 0.29) is 5.75 Å². The van der Waals surface area contributed by atoms with Crippen molar-refractivity contribution >= 4 is 38.3 Å².